The summed E-state index contributed by atoms with van der Waals surface area (Å²) in [4.78, 5) is 24.5. The summed E-state index contributed by atoms with van der Waals surface area (Å²) in [5.74, 6) is -0.583. The number of rotatable bonds is 4. The van der Waals surface area contributed by atoms with Crippen LogP contribution in [0, 0.1) is 11.3 Å². The van der Waals surface area contributed by atoms with Gasteiger partial charge in [0.2, 0.25) is 0 Å². The maximum Gasteiger partial charge on any atom is 0.255 e. The van der Waals surface area contributed by atoms with Crippen LogP contribution in [0.5, 0.6) is 0 Å². The molecule has 6 heteroatoms. The van der Waals surface area contributed by atoms with Gasteiger partial charge in [0.15, 0.2) is 0 Å². The van der Waals surface area contributed by atoms with E-state index in [0.29, 0.717) is 33.1 Å². The van der Waals surface area contributed by atoms with Crippen molar-refractivity contribution in [3.63, 3.8) is 0 Å². The standard InChI is InChI=1S/C21H14ClN3O2/c22-17-7-11-19(12-8-17)25-21(27)16-5-3-15(4-6-16)20(26)24-18-9-1-14(13-23)2-10-18/h1-12H,(H,24,26)(H,25,27). The van der Waals surface area contributed by atoms with Gasteiger partial charge in [0, 0.05) is 27.5 Å². The topological polar surface area (TPSA) is 82.0 Å². The van der Waals surface area contributed by atoms with Crippen LogP contribution in [0.2, 0.25) is 5.02 Å². The average Bonchev–Trinajstić information content (AvgIpc) is 2.70. The van der Waals surface area contributed by atoms with Crippen LogP contribution in [0.25, 0.3) is 0 Å². The third-order valence-electron chi connectivity index (χ3n) is 3.78. The minimum absolute atomic E-state index is 0.281. The molecular formula is C21H14ClN3O2. The third-order valence-corrected chi connectivity index (χ3v) is 4.04. The van der Waals surface area contributed by atoms with Gasteiger partial charge in [-0.3, -0.25) is 9.59 Å². The maximum absolute atomic E-state index is 12.3. The van der Waals surface area contributed by atoms with Crippen molar-refractivity contribution in [2.75, 3.05) is 10.6 Å². The number of benzene rings is 3. The number of hydrogen-bond acceptors (Lipinski definition) is 3. The van der Waals surface area contributed by atoms with Crippen LogP contribution in [0.15, 0.2) is 72.8 Å². The number of hydrogen-bond donors (Lipinski definition) is 2. The SMILES string of the molecule is N#Cc1ccc(NC(=O)c2ccc(C(=O)Nc3ccc(Cl)cc3)cc2)cc1. The first-order chi connectivity index (χ1) is 13.0. The van der Waals surface area contributed by atoms with E-state index in [0.717, 1.165) is 0 Å². The summed E-state index contributed by atoms with van der Waals surface area (Å²) >= 11 is 5.82. The second-order valence-electron chi connectivity index (χ2n) is 5.68. The molecule has 0 spiro atoms. The second-order valence-corrected chi connectivity index (χ2v) is 6.12. The molecule has 3 rings (SSSR count). The molecule has 0 aliphatic heterocycles. The van der Waals surface area contributed by atoms with Crippen LogP contribution < -0.4 is 10.6 Å². The zero-order valence-corrected chi connectivity index (χ0v) is 14.8. The molecule has 0 saturated carbocycles. The largest absolute Gasteiger partial charge is 0.322 e. The number of carbonyl (C=O) groups excluding carboxylic acids is 2. The summed E-state index contributed by atoms with van der Waals surface area (Å²) in [5, 5.41) is 14.9. The highest BCUT2D eigenvalue weighted by Crippen LogP contribution is 2.15. The molecule has 132 valence electrons. The van der Waals surface area contributed by atoms with Gasteiger partial charge in [-0.25, -0.2) is 0 Å². The van der Waals surface area contributed by atoms with Crippen molar-refractivity contribution in [3.05, 3.63) is 94.5 Å². The molecule has 3 aromatic carbocycles. The Hall–Kier alpha value is -3.62. The molecule has 0 atom stereocenters. The lowest BCUT2D eigenvalue weighted by molar-refractivity contribution is 0.101. The van der Waals surface area contributed by atoms with Gasteiger partial charge < -0.3 is 10.6 Å². The number of nitrogens with zero attached hydrogens (tertiary/aromatic N) is 1. The van der Waals surface area contributed by atoms with Gasteiger partial charge in [-0.15, -0.1) is 0 Å². The van der Waals surface area contributed by atoms with E-state index in [1.807, 2.05) is 6.07 Å². The van der Waals surface area contributed by atoms with Crippen LogP contribution >= 0.6 is 11.6 Å². The molecule has 0 radical (unpaired) electrons. The van der Waals surface area contributed by atoms with E-state index >= 15 is 0 Å². The van der Waals surface area contributed by atoms with Crippen LogP contribution in [0.3, 0.4) is 0 Å². The van der Waals surface area contributed by atoms with Crippen LogP contribution in [0.4, 0.5) is 11.4 Å². The summed E-state index contributed by atoms with van der Waals surface area (Å²) in [5.41, 5.74) is 2.59. The monoisotopic (exact) mass is 375 g/mol. The number of carbonyl (C=O) groups is 2. The summed E-state index contributed by atoms with van der Waals surface area (Å²) < 4.78 is 0. The number of nitrogens with one attached hydrogen (secondary N) is 2. The van der Waals surface area contributed by atoms with Crippen molar-refractivity contribution >= 4 is 34.8 Å². The Morgan fingerprint density at radius 2 is 1.11 bits per heavy atom. The minimum Gasteiger partial charge on any atom is -0.322 e. The Labute approximate surface area is 161 Å². The van der Waals surface area contributed by atoms with Crippen molar-refractivity contribution in [1.29, 1.82) is 5.26 Å². The maximum atomic E-state index is 12.3. The smallest absolute Gasteiger partial charge is 0.255 e. The molecular weight excluding hydrogens is 362 g/mol. The molecule has 0 aliphatic carbocycles. The van der Waals surface area contributed by atoms with Crippen LogP contribution in [-0.2, 0) is 0 Å². The number of anilines is 2. The van der Waals surface area contributed by atoms with Crippen molar-refractivity contribution in [3.8, 4) is 6.07 Å². The first-order valence-electron chi connectivity index (χ1n) is 8.03. The van der Waals surface area contributed by atoms with E-state index in [4.69, 9.17) is 16.9 Å². The van der Waals surface area contributed by atoms with Gasteiger partial charge in [-0.2, -0.15) is 5.26 Å². The van der Waals surface area contributed by atoms with Gasteiger partial charge in [0.1, 0.15) is 0 Å². The molecule has 3 aromatic rings. The van der Waals surface area contributed by atoms with E-state index in [-0.39, 0.29) is 11.8 Å². The lowest BCUT2D eigenvalue weighted by atomic mass is 10.1. The Kier molecular flexibility index (Phi) is 5.50. The lowest BCUT2D eigenvalue weighted by Gasteiger charge is -2.07. The van der Waals surface area contributed by atoms with Crippen LogP contribution in [0.1, 0.15) is 26.3 Å². The Balaban J connectivity index is 1.65. The van der Waals surface area contributed by atoms with Crippen molar-refractivity contribution < 1.29 is 9.59 Å². The normalized spacial score (nSPS) is 9.93. The van der Waals surface area contributed by atoms with Crippen LogP contribution in [-0.4, -0.2) is 11.8 Å². The average molecular weight is 376 g/mol. The molecule has 2 N–H and O–H groups in total. The number of halogens is 1. The molecule has 0 fully saturated rings. The first-order valence-corrected chi connectivity index (χ1v) is 8.41. The van der Waals surface area contributed by atoms with E-state index in [1.165, 1.54) is 0 Å². The molecule has 0 saturated heterocycles. The first kappa shape index (κ1) is 18.2. The van der Waals surface area contributed by atoms with E-state index in [9.17, 15) is 9.59 Å². The molecule has 0 bridgehead atoms. The molecule has 0 aromatic heterocycles. The predicted octanol–water partition coefficient (Wildman–Crippen LogP) is 4.72. The van der Waals surface area contributed by atoms with Crippen molar-refractivity contribution in [1.82, 2.24) is 0 Å². The molecule has 27 heavy (non-hydrogen) atoms. The van der Waals surface area contributed by atoms with Gasteiger partial charge in [0.05, 0.1) is 11.6 Å². The van der Waals surface area contributed by atoms with Gasteiger partial charge in [-0.05, 0) is 72.8 Å². The Morgan fingerprint density at radius 3 is 1.52 bits per heavy atom. The summed E-state index contributed by atoms with van der Waals surface area (Å²) in [6.07, 6.45) is 0. The molecule has 5 nitrogen and oxygen atoms in total. The predicted molar refractivity (Wildman–Crippen MR) is 105 cm³/mol. The van der Waals surface area contributed by atoms with E-state index in [2.05, 4.69) is 10.6 Å². The fraction of sp³-hybridized carbons (Fsp3) is 0. The second kappa shape index (κ2) is 8.17. The molecule has 0 unspecified atom stereocenters. The molecule has 0 heterocycles. The van der Waals surface area contributed by atoms with Gasteiger partial charge in [0.25, 0.3) is 11.8 Å². The number of nitriles is 1. The van der Waals surface area contributed by atoms with Gasteiger partial charge >= 0.3 is 0 Å². The number of amides is 2. The minimum atomic E-state index is -0.302. The quantitative estimate of drug-likeness (QED) is 0.692. The zero-order chi connectivity index (χ0) is 19.2. The molecule has 0 aliphatic rings. The highest BCUT2D eigenvalue weighted by atomic mass is 35.5. The fourth-order valence-electron chi connectivity index (χ4n) is 2.34. The zero-order valence-electron chi connectivity index (χ0n) is 14.1. The fourth-order valence-corrected chi connectivity index (χ4v) is 2.47. The Morgan fingerprint density at radius 1 is 0.704 bits per heavy atom. The highest BCUT2D eigenvalue weighted by Gasteiger charge is 2.10. The summed E-state index contributed by atoms with van der Waals surface area (Å²) in [6.45, 7) is 0. The van der Waals surface area contributed by atoms with E-state index in [1.54, 1.807) is 72.8 Å². The lowest BCUT2D eigenvalue weighted by Crippen LogP contribution is -2.14. The third kappa shape index (κ3) is 4.72. The molecule has 2 amide bonds. The Bertz CT molecular complexity index is 1010. The summed E-state index contributed by atoms with van der Waals surface area (Å²) in [7, 11) is 0. The van der Waals surface area contributed by atoms with E-state index < -0.39 is 0 Å². The highest BCUT2D eigenvalue weighted by molar-refractivity contribution is 6.30. The van der Waals surface area contributed by atoms with Crippen molar-refractivity contribution in [2.24, 2.45) is 0 Å². The van der Waals surface area contributed by atoms with Crippen molar-refractivity contribution in [2.45, 2.75) is 0 Å². The summed E-state index contributed by atoms with van der Waals surface area (Å²) in [6, 6.07) is 21.7. The van der Waals surface area contributed by atoms with Gasteiger partial charge in [-0.1, -0.05) is 11.6 Å².